The molecular weight excluding hydrogens is 324 g/mol. The van der Waals surface area contributed by atoms with Crippen molar-refractivity contribution in [2.45, 2.75) is 46.7 Å². The Morgan fingerprint density at radius 3 is 2.65 bits per heavy atom. The number of piperidine rings is 1. The molecule has 2 N–H and O–H groups in total. The Morgan fingerprint density at radius 1 is 1.19 bits per heavy atom. The number of ether oxygens (including phenoxy) is 1. The molecule has 1 aromatic rings. The van der Waals surface area contributed by atoms with Crippen LogP contribution in [0.4, 0.5) is 0 Å². The molecule has 0 amide bonds. The van der Waals surface area contributed by atoms with Crippen LogP contribution in [0.2, 0.25) is 0 Å². The summed E-state index contributed by atoms with van der Waals surface area (Å²) in [5.74, 6) is 1.68. The number of likely N-dealkylation sites (tertiary alicyclic amines) is 1. The zero-order valence-electron chi connectivity index (χ0n) is 16.8. The van der Waals surface area contributed by atoms with Gasteiger partial charge in [0.25, 0.3) is 0 Å². The summed E-state index contributed by atoms with van der Waals surface area (Å²) in [6.07, 6.45) is 2.71. The first kappa shape index (κ1) is 20.7. The number of rotatable bonds is 9. The third-order valence-electron chi connectivity index (χ3n) is 4.68. The quantitative estimate of drug-likeness (QED) is 0.404. The van der Waals surface area contributed by atoms with Gasteiger partial charge in [0.15, 0.2) is 5.96 Å². The zero-order valence-corrected chi connectivity index (χ0v) is 16.8. The number of nitrogens with zero attached hydrogens (tertiary/aromatic N) is 2. The van der Waals surface area contributed by atoms with Crippen molar-refractivity contribution >= 4 is 5.96 Å². The van der Waals surface area contributed by atoms with Crippen LogP contribution in [-0.4, -0.2) is 50.3 Å². The van der Waals surface area contributed by atoms with E-state index in [2.05, 4.69) is 58.6 Å². The van der Waals surface area contributed by atoms with Crippen molar-refractivity contribution in [1.82, 2.24) is 15.5 Å². The lowest BCUT2D eigenvalue weighted by atomic mass is 9.99. The zero-order chi connectivity index (χ0) is 18.6. The molecule has 1 aliphatic rings. The minimum atomic E-state index is 0.686. The monoisotopic (exact) mass is 360 g/mol. The molecule has 0 saturated carbocycles. The number of aliphatic imine (C=N–C) groups is 1. The summed E-state index contributed by atoms with van der Waals surface area (Å²) < 4.78 is 5.36. The molecule has 0 aromatic heterocycles. The molecule has 1 saturated heterocycles. The predicted molar refractivity (Wildman–Crippen MR) is 109 cm³/mol. The van der Waals surface area contributed by atoms with Gasteiger partial charge in [-0.1, -0.05) is 31.2 Å². The maximum Gasteiger partial charge on any atom is 0.191 e. The van der Waals surface area contributed by atoms with Crippen LogP contribution in [0, 0.1) is 5.92 Å². The summed E-state index contributed by atoms with van der Waals surface area (Å²) in [5.41, 5.74) is 2.64. The van der Waals surface area contributed by atoms with Gasteiger partial charge in [-0.2, -0.15) is 0 Å². The molecule has 26 heavy (non-hydrogen) atoms. The highest BCUT2D eigenvalue weighted by Gasteiger charge is 2.15. The molecule has 1 unspecified atom stereocenters. The van der Waals surface area contributed by atoms with E-state index in [0.29, 0.717) is 13.2 Å². The minimum absolute atomic E-state index is 0.686. The fraction of sp³-hybridized carbons (Fsp3) is 0.667. The summed E-state index contributed by atoms with van der Waals surface area (Å²) in [6, 6.07) is 8.91. The fourth-order valence-electron chi connectivity index (χ4n) is 3.34. The van der Waals surface area contributed by atoms with Gasteiger partial charge < -0.3 is 15.4 Å². The lowest BCUT2D eigenvalue weighted by Crippen LogP contribution is -2.39. The molecular formula is C21H36N4O. The van der Waals surface area contributed by atoms with Crippen molar-refractivity contribution in [1.29, 1.82) is 0 Å². The maximum absolute atomic E-state index is 5.36. The second kappa shape index (κ2) is 11.9. The number of benzene rings is 1. The first-order valence-electron chi connectivity index (χ1n) is 10.1. The fourth-order valence-corrected chi connectivity index (χ4v) is 3.34. The van der Waals surface area contributed by atoms with E-state index in [1.165, 1.54) is 37.1 Å². The van der Waals surface area contributed by atoms with E-state index in [4.69, 9.17) is 4.74 Å². The standard InChI is InChI=1S/C21H36N4O/c1-4-22-21(23-12-14-26-5-2)24-15-19-8-10-20(11-9-19)17-25-13-6-7-18(3)16-25/h8-11,18H,4-7,12-17H2,1-3H3,(H2,22,23,24). The smallest absolute Gasteiger partial charge is 0.191 e. The molecule has 0 radical (unpaired) electrons. The second-order valence-corrected chi connectivity index (χ2v) is 7.12. The van der Waals surface area contributed by atoms with Gasteiger partial charge in [0.05, 0.1) is 13.2 Å². The van der Waals surface area contributed by atoms with Gasteiger partial charge in [0.2, 0.25) is 0 Å². The number of guanidine groups is 1. The highest BCUT2D eigenvalue weighted by Crippen LogP contribution is 2.18. The van der Waals surface area contributed by atoms with Crippen molar-refractivity contribution in [3.8, 4) is 0 Å². The third-order valence-corrected chi connectivity index (χ3v) is 4.68. The largest absolute Gasteiger partial charge is 0.380 e. The van der Waals surface area contributed by atoms with Gasteiger partial charge in [-0.3, -0.25) is 4.90 Å². The van der Waals surface area contributed by atoms with Gasteiger partial charge in [-0.25, -0.2) is 4.99 Å². The topological polar surface area (TPSA) is 48.9 Å². The summed E-state index contributed by atoms with van der Waals surface area (Å²) in [5, 5.41) is 6.58. The van der Waals surface area contributed by atoms with Crippen molar-refractivity contribution in [2.75, 3.05) is 39.4 Å². The van der Waals surface area contributed by atoms with Crippen LogP contribution in [-0.2, 0) is 17.8 Å². The Balaban J connectivity index is 1.82. The Hall–Kier alpha value is -1.59. The van der Waals surface area contributed by atoms with Gasteiger partial charge in [0.1, 0.15) is 0 Å². The molecule has 2 rings (SSSR count). The molecule has 1 aliphatic heterocycles. The van der Waals surface area contributed by atoms with Crippen LogP contribution < -0.4 is 10.6 Å². The Labute approximate surface area is 159 Å². The van der Waals surface area contributed by atoms with Gasteiger partial charge >= 0.3 is 0 Å². The van der Waals surface area contributed by atoms with E-state index in [9.17, 15) is 0 Å². The molecule has 1 aromatic carbocycles. The van der Waals surface area contributed by atoms with Crippen LogP contribution >= 0.6 is 0 Å². The van der Waals surface area contributed by atoms with Crippen molar-refractivity contribution in [3.05, 3.63) is 35.4 Å². The first-order valence-corrected chi connectivity index (χ1v) is 10.1. The van der Waals surface area contributed by atoms with Crippen molar-refractivity contribution in [3.63, 3.8) is 0 Å². The van der Waals surface area contributed by atoms with Crippen LogP contribution in [0.5, 0.6) is 0 Å². The molecule has 146 valence electrons. The predicted octanol–water partition coefficient (Wildman–Crippen LogP) is 3.01. The first-order chi connectivity index (χ1) is 12.7. The normalized spacial score (nSPS) is 18.7. The average Bonchev–Trinajstić information content (AvgIpc) is 2.64. The van der Waals surface area contributed by atoms with E-state index < -0.39 is 0 Å². The van der Waals surface area contributed by atoms with E-state index in [0.717, 1.165) is 38.1 Å². The second-order valence-electron chi connectivity index (χ2n) is 7.12. The number of hydrogen-bond donors (Lipinski definition) is 2. The minimum Gasteiger partial charge on any atom is -0.380 e. The summed E-state index contributed by atoms with van der Waals surface area (Å²) in [4.78, 5) is 7.24. The van der Waals surface area contributed by atoms with Crippen LogP contribution in [0.3, 0.4) is 0 Å². The summed E-state index contributed by atoms with van der Waals surface area (Å²) in [6.45, 7) is 13.7. The van der Waals surface area contributed by atoms with Crippen LogP contribution in [0.15, 0.2) is 29.3 Å². The van der Waals surface area contributed by atoms with Crippen LogP contribution in [0.1, 0.15) is 44.7 Å². The van der Waals surface area contributed by atoms with Crippen molar-refractivity contribution < 1.29 is 4.74 Å². The van der Waals surface area contributed by atoms with E-state index >= 15 is 0 Å². The molecule has 0 aliphatic carbocycles. The summed E-state index contributed by atoms with van der Waals surface area (Å²) >= 11 is 0. The molecule has 5 nitrogen and oxygen atoms in total. The van der Waals surface area contributed by atoms with Gasteiger partial charge in [-0.15, -0.1) is 0 Å². The Bertz CT molecular complexity index is 529. The Kier molecular flexibility index (Phi) is 9.50. The molecule has 1 fully saturated rings. The van der Waals surface area contributed by atoms with Gasteiger partial charge in [-0.05, 0) is 50.3 Å². The Morgan fingerprint density at radius 2 is 1.96 bits per heavy atom. The lowest BCUT2D eigenvalue weighted by molar-refractivity contribution is 0.152. The lowest BCUT2D eigenvalue weighted by Gasteiger charge is -2.30. The molecule has 1 heterocycles. The maximum atomic E-state index is 5.36. The molecule has 0 spiro atoms. The number of nitrogens with one attached hydrogen (secondary N) is 2. The molecule has 5 heteroatoms. The number of hydrogen-bond acceptors (Lipinski definition) is 3. The van der Waals surface area contributed by atoms with E-state index in [1.807, 2.05) is 6.92 Å². The summed E-state index contributed by atoms with van der Waals surface area (Å²) in [7, 11) is 0. The average molecular weight is 361 g/mol. The highest BCUT2D eigenvalue weighted by molar-refractivity contribution is 5.79. The van der Waals surface area contributed by atoms with E-state index in [1.54, 1.807) is 0 Å². The molecule has 0 bridgehead atoms. The SMILES string of the molecule is CCNC(=NCc1ccc(CN2CCCC(C)C2)cc1)NCCOCC. The van der Waals surface area contributed by atoms with Gasteiger partial charge in [0, 0.05) is 32.8 Å². The van der Waals surface area contributed by atoms with Crippen LogP contribution in [0.25, 0.3) is 0 Å². The highest BCUT2D eigenvalue weighted by atomic mass is 16.5. The third kappa shape index (κ3) is 7.75. The van der Waals surface area contributed by atoms with E-state index in [-0.39, 0.29) is 0 Å². The molecule has 1 atom stereocenters. The van der Waals surface area contributed by atoms with Crippen molar-refractivity contribution in [2.24, 2.45) is 10.9 Å².